The number of benzene rings is 1. The highest BCUT2D eigenvalue weighted by atomic mass is 19.2. The molecule has 1 aliphatic rings. The molecule has 1 saturated carbocycles. The summed E-state index contributed by atoms with van der Waals surface area (Å²) in [6.07, 6.45) is 6.75. The minimum atomic E-state index is -1.23. The van der Waals surface area contributed by atoms with Gasteiger partial charge < -0.3 is 15.0 Å². The first kappa shape index (κ1) is 22.0. The SMILES string of the molecule is CN(C)C(=O)c1cc(F)c(F)cc1NC(=O)Oc1nc(C2CC2)cnc1Nc1cncnc1. The minimum Gasteiger partial charge on any atom is -0.387 e. The predicted octanol–water partition coefficient (Wildman–Crippen LogP) is 3.48. The molecular weight excluding hydrogens is 436 g/mol. The molecular formula is C21H19F2N7O3. The van der Waals surface area contributed by atoms with Gasteiger partial charge in [-0.1, -0.05) is 0 Å². The molecule has 2 amide bonds. The lowest BCUT2D eigenvalue weighted by Crippen LogP contribution is -2.25. The molecule has 10 nitrogen and oxygen atoms in total. The van der Waals surface area contributed by atoms with Crippen LogP contribution < -0.4 is 15.4 Å². The number of carbonyl (C=O) groups is 2. The first-order valence-corrected chi connectivity index (χ1v) is 9.90. The summed E-state index contributed by atoms with van der Waals surface area (Å²) in [4.78, 5) is 42.6. The maximum atomic E-state index is 13.8. The second-order valence-corrected chi connectivity index (χ2v) is 7.50. The smallest absolute Gasteiger partial charge is 0.387 e. The van der Waals surface area contributed by atoms with Crippen molar-refractivity contribution in [1.82, 2.24) is 24.8 Å². The zero-order valence-corrected chi connectivity index (χ0v) is 17.7. The summed E-state index contributed by atoms with van der Waals surface area (Å²) < 4.78 is 32.9. The van der Waals surface area contributed by atoms with Crippen molar-refractivity contribution in [3.63, 3.8) is 0 Å². The van der Waals surface area contributed by atoms with Crippen LogP contribution >= 0.6 is 0 Å². The molecule has 12 heteroatoms. The van der Waals surface area contributed by atoms with Gasteiger partial charge in [0.15, 0.2) is 17.5 Å². The highest BCUT2D eigenvalue weighted by Crippen LogP contribution is 2.40. The zero-order chi connectivity index (χ0) is 23.5. The van der Waals surface area contributed by atoms with Crippen molar-refractivity contribution < 1.29 is 23.1 Å². The van der Waals surface area contributed by atoms with Gasteiger partial charge in [0.25, 0.3) is 11.8 Å². The van der Waals surface area contributed by atoms with Crippen molar-refractivity contribution in [2.45, 2.75) is 18.8 Å². The van der Waals surface area contributed by atoms with Crippen molar-refractivity contribution in [3.05, 3.63) is 59.9 Å². The largest absolute Gasteiger partial charge is 0.418 e. The van der Waals surface area contributed by atoms with Crippen LogP contribution in [0.5, 0.6) is 5.88 Å². The van der Waals surface area contributed by atoms with E-state index in [-0.39, 0.29) is 28.9 Å². The number of rotatable bonds is 6. The molecule has 2 heterocycles. The lowest BCUT2D eigenvalue weighted by molar-refractivity contribution is 0.0828. The van der Waals surface area contributed by atoms with Gasteiger partial charge in [-0.2, -0.15) is 0 Å². The summed E-state index contributed by atoms with van der Waals surface area (Å²) in [5.41, 5.74) is 0.642. The van der Waals surface area contributed by atoms with Gasteiger partial charge in [-0.3, -0.25) is 10.1 Å². The summed E-state index contributed by atoms with van der Waals surface area (Å²) in [5, 5.41) is 5.20. The van der Waals surface area contributed by atoms with Gasteiger partial charge >= 0.3 is 6.09 Å². The Balaban J connectivity index is 1.60. The number of carbonyl (C=O) groups excluding carboxylic acids is 2. The normalized spacial score (nSPS) is 12.7. The van der Waals surface area contributed by atoms with E-state index in [0.29, 0.717) is 23.5 Å². The number of ether oxygens (including phenoxy) is 1. The van der Waals surface area contributed by atoms with E-state index >= 15 is 0 Å². The standard InChI is InChI=1S/C21H19F2N7O3/c1-30(2)20(31)13-5-14(22)15(23)6-16(13)29-21(32)33-19-18(27-12-7-24-10-25-8-12)26-9-17(28-19)11-3-4-11/h5-11H,3-4H2,1-2H3,(H,26,27)(H,29,32). The summed E-state index contributed by atoms with van der Waals surface area (Å²) in [6, 6.07) is 1.42. The zero-order valence-electron chi connectivity index (χ0n) is 17.7. The number of hydrogen-bond acceptors (Lipinski definition) is 8. The molecule has 1 aliphatic carbocycles. The van der Waals surface area contributed by atoms with Gasteiger partial charge in [0.05, 0.1) is 41.2 Å². The number of nitrogens with zero attached hydrogens (tertiary/aromatic N) is 5. The Labute approximate surface area is 187 Å². The van der Waals surface area contributed by atoms with Crippen LogP contribution in [0.25, 0.3) is 0 Å². The van der Waals surface area contributed by atoms with E-state index < -0.39 is 23.6 Å². The molecule has 0 saturated heterocycles. The average molecular weight is 455 g/mol. The van der Waals surface area contributed by atoms with Crippen LogP contribution in [0.2, 0.25) is 0 Å². The molecule has 0 spiro atoms. The molecule has 0 atom stereocenters. The monoisotopic (exact) mass is 455 g/mol. The van der Waals surface area contributed by atoms with Gasteiger partial charge in [-0.25, -0.2) is 33.5 Å². The van der Waals surface area contributed by atoms with Crippen molar-refractivity contribution in [1.29, 1.82) is 0 Å². The Morgan fingerprint density at radius 1 is 1.09 bits per heavy atom. The Hall–Kier alpha value is -4.22. The number of anilines is 3. The first-order valence-electron chi connectivity index (χ1n) is 9.90. The van der Waals surface area contributed by atoms with Crippen LogP contribution in [0.4, 0.5) is 30.8 Å². The molecule has 170 valence electrons. The lowest BCUT2D eigenvalue weighted by atomic mass is 10.1. The van der Waals surface area contributed by atoms with Crippen LogP contribution in [0, 0.1) is 11.6 Å². The fraction of sp³-hybridized carbons (Fsp3) is 0.238. The van der Waals surface area contributed by atoms with Crippen LogP contribution in [0.1, 0.15) is 34.8 Å². The second-order valence-electron chi connectivity index (χ2n) is 7.50. The summed E-state index contributed by atoms with van der Waals surface area (Å²) in [6.45, 7) is 0. The number of hydrogen-bond donors (Lipinski definition) is 2. The van der Waals surface area contributed by atoms with E-state index in [1.165, 1.54) is 32.8 Å². The molecule has 4 rings (SSSR count). The van der Waals surface area contributed by atoms with Crippen molar-refractivity contribution in [2.24, 2.45) is 0 Å². The van der Waals surface area contributed by atoms with E-state index in [1.54, 1.807) is 6.20 Å². The van der Waals surface area contributed by atoms with E-state index in [2.05, 4.69) is 30.6 Å². The number of amides is 2. The molecule has 33 heavy (non-hydrogen) atoms. The third kappa shape index (κ3) is 5.17. The Morgan fingerprint density at radius 2 is 1.79 bits per heavy atom. The molecule has 0 aliphatic heterocycles. The number of nitrogens with one attached hydrogen (secondary N) is 2. The maximum absolute atomic E-state index is 13.8. The van der Waals surface area contributed by atoms with E-state index in [9.17, 15) is 18.4 Å². The third-order valence-electron chi connectivity index (χ3n) is 4.70. The van der Waals surface area contributed by atoms with Crippen molar-refractivity contribution in [2.75, 3.05) is 24.7 Å². The van der Waals surface area contributed by atoms with Gasteiger partial charge in [0, 0.05) is 26.1 Å². The molecule has 2 N–H and O–H groups in total. The van der Waals surface area contributed by atoms with E-state index in [4.69, 9.17) is 4.74 Å². The molecule has 0 unspecified atom stereocenters. The second kappa shape index (κ2) is 9.10. The van der Waals surface area contributed by atoms with Crippen LogP contribution in [0.3, 0.4) is 0 Å². The molecule has 3 aromatic rings. The van der Waals surface area contributed by atoms with Crippen LogP contribution in [-0.4, -0.2) is 50.9 Å². The highest BCUT2D eigenvalue weighted by Gasteiger charge is 2.27. The first-order chi connectivity index (χ1) is 15.8. The maximum Gasteiger partial charge on any atom is 0.418 e. The van der Waals surface area contributed by atoms with Crippen molar-refractivity contribution >= 4 is 29.2 Å². The summed E-state index contributed by atoms with van der Waals surface area (Å²) in [7, 11) is 2.88. The Bertz CT molecular complexity index is 1200. The topological polar surface area (TPSA) is 122 Å². The van der Waals surface area contributed by atoms with Gasteiger partial charge in [-0.15, -0.1) is 0 Å². The molecule has 1 fully saturated rings. The van der Waals surface area contributed by atoms with Crippen molar-refractivity contribution in [3.8, 4) is 5.88 Å². The lowest BCUT2D eigenvalue weighted by Gasteiger charge is -2.16. The summed E-state index contributed by atoms with van der Waals surface area (Å²) >= 11 is 0. The molecule has 0 radical (unpaired) electrons. The van der Waals surface area contributed by atoms with Gasteiger partial charge in [-0.05, 0) is 18.9 Å². The molecule has 2 aromatic heterocycles. The van der Waals surface area contributed by atoms with Gasteiger partial charge in [0.2, 0.25) is 0 Å². The average Bonchev–Trinajstić information content (AvgIpc) is 3.63. The number of aromatic nitrogens is 4. The molecule has 0 bridgehead atoms. The fourth-order valence-electron chi connectivity index (χ4n) is 2.91. The third-order valence-corrected chi connectivity index (χ3v) is 4.70. The minimum absolute atomic E-state index is 0.124. The summed E-state index contributed by atoms with van der Waals surface area (Å²) in [5.74, 6) is -2.87. The Morgan fingerprint density at radius 3 is 2.45 bits per heavy atom. The number of halogens is 2. The quantitative estimate of drug-likeness (QED) is 0.579. The fourth-order valence-corrected chi connectivity index (χ4v) is 2.91. The highest BCUT2D eigenvalue weighted by molar-refractivity contribution is 6.02. The predicted molar refractivity (Wildman–Crippen MR) is 113 cm³/mol. The van der Waals surface area contributed by atoms with Crippen LogP contribution in [-0.2, 0) is 0 Å². The van der Waals surface area contributed by atoms with E-state index in [1.807, 2.05) is 0 Å². The van der Waals surface area contributed by atoms with Crippen LogP contribution in [0.15, 0.2) is 37.1 Å². The van der Waals surface area contributed by atoms with E-state index in [0.717, 1.165) is 17.7 Å². The van der Waals surface area contributed by atoms with Gasteiger partial charge in [0.1, 0.15) is 6.33 Å². The Kier molecular flexibility index (Phi) is 6.07. The molecule has 1 aromatic carbocycles.